The van der Waals surface area contributed by atoms with Crippen LogP contribution in [0.15, 0.2) is 11.6 Å². The Labute approximate surface area is 56.8 Å². The maximum Gasteiger partial charge on any atom is 0.158 e. The Morgan fingerprint density at radius 3 is 1.89 bits per heavy atom. The minimum atomic E-state index is 0.139. The van der Waals surface area contributed by atoms with Crippen molar-refractivity contribution in [1.29, 1.82) is 0 Å². The van der Waals surface area contributed by atoms with Crippen LogP contribution in [0.2, 0.25) is 0 Å². The fourth-order valence-corrected chi connectivity index (χ4v) is 0.451. The minimum Gasteiger partial charge on any atom is -0.295 e. The van der Waals surface area contributed by atoms with Crippen LogP contribution in [0.1, 0.15) is 27.7 Å². The molecule has 0 N–H and O–H groups in total. The second-order valence-corrected chi connectivity index (χ2v) is 2.78. The summed E-state index contributed by atoms with van der Waals surface area (Å²) in [5.41, 5.74) is 1.08. The molecule has 0 aromatic heterocycles. The van der Waals surface area contributed by atoms with Crippen molar-refractivity contribution < 1.29 is 4.79 Å². The van der Waals surface area contributed by atoms with Crippen LogP contribution in [0.4, 0.5) is 0 Å². The van der Waals surface area contributed by atoms with E-state index in [9.17, 15) is 4.79 Å². The molecule has 0 amide bonds. The number of allylic oxidation sites excluding steroid dienone is 2. The summed E-state index contributed by atoms with van der Waals surface area (Å²) in [6, 6.07) is 0. The average Bonchev–Trinajstić information content (AvgIpc) is 1.63. The third-order valence-corrected chi connectivity index (χ3v) is 1.000. The van der Waals surface area contributed by atoms with Gasteiger partial charge >= 0.3 is 0 Å². The summed E-state index contributed by atoms with van der Waals surface area (Å²) >= 11 is 0. The lowest BCUT2D eigenvalue weighted by Gasteiger charge is -1.96. The Balaban J connectivity index is 3.93. The van der Waals surface area contributed by atoms with Gasteiger partial charge in [-0.05, 0) is 19.9 Å². The Morgan fingerprint density at radius 2 is 1.78 bits per heavy atom. The van der Waals surface area contributed by atoms with Gasteiger partial charge in [-0.2, -0.15) is 0 Å². The normalized spacial score (nSPS) is 9.44. The highest BCUT2D eigenvalue weighted by molar-refractivity contribution is 5.91. The molecule has 0 aliphatic rings. The molecule has 0 atom stereocenters. The number of rotatable bonds is 2. The van der Waals surface area contributed by atoms with E-state index in [2.05, 4.69) is 0 Å². The molecular formula is C8H14O. The van der Waals surface area contributed by atoms with Crippen molar-refractivity contribution in [2.45, 2.75) is 27.7 Å². The number of ketones is 1. The zero-order valence-corrected chi connectivity index (χ0v) is 6.56. The first-order valence-electron chi connectivity index (χ1n) is 3.22. The molecule has 0 radical (unpaired) electrons. The van der Waals surface area contributed by atoms with Crippen LogP contribution in [0, 0.1) is 5.92 Å². The molecule has 52 valence electrons. The highest BCUT2D eigenvalue weighted by atomic mass is 16.1. The van der Waals surface area contributed by atoms with Crippen LogP contribution < -0.4 is 0 Å². The van der Waals surface area contributed by atoms with Gasteiger partial charge in [0.05, 0.1) is 0 Å². The molecule has 0 saturated heterocycles. The van der Waals surface area contributed by atoms with Crippen LogP contribution >= 0.6 is 0 Å². The monoisotopic (exact) mass is 126 g/mol. The molecule has 1 heteroatoms. The second-order valence-electron chi connectivity index (χ2n) is 2.78. The molecule has 0 fully saturated rings. The molecule has 1 nitrogen and oxygen atoms in total. The van der Waals surface area contributed by atoms with Gasteiger partial charge in [0.1, 0.15) is 0 Å². The predicted molar refractivity (Wildman–Crippen MR) is 39.3 cm³/mol. The van der Waals surface area contributed by atoms with Gasteiger partial charge < -0.3 is 0 Å². The van der Waals surface area contributed by atoms with Crippen LogP contribution in [-0.4, -0.2) is 5.78 Å². The molecule has 0 heterocycles. The van der Waals surface area contributed by atoms with Crippen molar-refractivity contribution in [2.24, 2.45) is 5.92 Å². The molecule has 0 aromatic carbocycles. The summed E-state index contributed by atoms with van der Waals surface area (Å²) in [4.78, 5) is 10.9. The molecule has 9 heavy (non-hydrogen) atoms. The van der Waals surface area contributed by atoms with E-state index in [4.69, 9.17) is 0 Å². The van der Waals surface area contributed by atoms with Gasteiger partial charge in [-0.1, -0.05) is 19.4 Å². The Kier molecular flexibility index (Phi) is 3.21. The third kappa shape index (κ3) is 3.95. The summed E-state index contributed by atoms with van der Waals surface area (Å²) in [5, 5.41) is 0. The number of carbonyl (C=O) groups is 1. The van der Waals surface area contributed by atoms with Crippen molar-refractivity contribution in [3.63, 3.8) is 0 Å². The molecule has 0 saturated carbocycles. The standard InChI is InChI=1S/C8H14O/c1-6(2)5-8(9)7(3)4/h5,7H,1-4H3. The number of hydrogen-bond donors (Lipinski definition) is 0. The molecule has 0 aromatic rings. The fourth-order valence-electron chi connectivity index (χ4n) is 0.451. The summed E-state index contributed by atoms with van der Waals surface area (Å²) in [6.45, 7) is 7.67. The van der Waals surface area contributed by atoms with Crippen LogP contribution in [-0.2, 0) is 4.79 Å². The molecule has 0 rings (SSSR count). The fraction of sp³-hybridized carbons (Fsp3) is 0.625. The van der Waals surface area contributed by atoms with Gasteiger partial charge in [0.25, 0.3) is 0 Å². The summed E-state index contributed by atoms with van der Waals surface area (Å²) in [6.07, 6.45) is 1.69. The molecule has 0 aliphatic heterocycles. The number of carbonyl (C=O) groups excluding carboxylic acids is 1. The first-order chi connectivity index (χ1) is 4.04. The maximum absolute atomic E-state index is 10.9. The van der Waals surface area contributed by atoms with E-state index in [0.717, 1.165) is 5.57 Å². The second kappa shape index (κ2) is 3.44. The van der Waals surface area contributed by atoms with Crippen molar-refractivity contribution >= 4 is 5.78 Å². The van der Waals surface area contributed by atoms with E-state index in [-0.39, 0.29) is 11.7 Å². The zero-order chi connectivity index (χ0) is 7.44. The topological polar surface area (TPSA) is 17.1 Å². The van der Waals surface area contributed by atoms with Gasteiger partial charge in [0.15, 0.2) is 5.78 Å². The molecule has 0 unspecified atom stereocenters. The molecule has 0 aliphatic carbocycles. The largest absolute Gasteiger partial charge is 0.295 e. The van der Waals surface area contributed by atoms with Crippen molar-refractivity contribution in [3.05, 3.63) is 11.6 Å². The summed E-state index contributed by atoms with van der Waals surface area (Å²) in [7, 11) is 0. The molecule has 0 spiro atoms. The lowest BCUT2D eigenvalue weighted by Crippen LogP contribution is -2.02. The quantitative estimate of drug-likeness (QED) is 0.518. The number of hydrogen-bond acceptors (Lipinski definition) is 1. The lowest BCUT2D eigenvalue weighted by atomic mass is 10.1. The van der Waals surface area contributed by atoms with Crippen molar-refractivity contribution in [2.75, 3.05) is 0 Å². The van der Waals surface area contributed by atoms with E-state index < -0.39 is 0 Å². The highest BCUT2D eigenvalue weighted by Crippen LogP contribution is 1.98. The van der Waals surface area contributed by atoms with E-state index in [1.807, 2.05) is 27.7 Å². The van der Waals surface area contributed by atoms with Gasteiger partial charge in [-0.15, -0.1) is 0 Å². The van der Waals surface area contributed by atoms with E-state index in [1.54, 1.807) is 6.08 Å². The van der Waals surface area contributed by atoms with Crippen molar-refractivity contribution in [1.82, 2.24) is 0 Å². The summed E-state index contributed by atoms with van der Waals surface area (Å²) < 4.78 is 0. The van der Waals surface area contributed by atoms with Crippen LogP contribution in [0.3, 0.4) is 0 Å². The van der Waals surface area contributed by atoms with Gasteiger partial charge in [-0.25, -0.2) is 0 Å². The highest BCUT2D eigenvalue weighted by Gasteiger charge is 2.01. The molecule has 0 bridgehead atoms. The van der Waals surface area contributed by atoms with Crippen LogP contribution in [0.25, 0.3) is 0 Å². The van der Waals surface area contributed by atoms with Gasteiger partial charge in [0.2, 0.25) is 0 Å². The minimum absolute atomic E-state index is 0.139. The van der Waals surface area contributed by atoms with Crippen LogP contribution in [0.5, 0.6) is 0 Å². The summed E-state index contributed by atoms with van der Waals surface area (Å²) in [5.74, 6) is 0.356. The van der Waals surface area contributed by atoms with E-state index in [0.29, 0.717) is 0 Å². The third-order valence-electron chi connectivity index (χ3n) is 1.000. The van der Waals surface area contributed by atoms with Crippen molar-refractivity contribution in [3.8, 4) is 0 Å². The van der Waals surface area contributed by atoms with E-state index in [1.165, 1.54) is 0 Å². The SMILES string of the molecule is CC(C)=CC(=O)C(C)C. The first-order valence-corrected chi connectivity index (χ1v) is 3.22. The van der Waals surface area contributed by atoms with Gasteiger partial charge in [0, 0.05) is 5.92 Å². The molecular weight excluding hydrogens is 112 g/mol. The Bertz CT molecular complexity index is 128. The Hall–Kier alpha value is -0.590. The average molecular weight is 126 g/mol. The zero-order valence-electron chi connectivity index (χ0n) is 6.56. The lowest BCUT2D eigenvalue weighted by molar-refractivity contribution is -0.117. The van der Waals surface area contributed by atoms with Gasteiger partial charge in [-0.3, -0.25) is 4.79 Å². The smallest absolute Gasteiger partial charge is 0.158 e. The van der Waals surface area contributed by atoms with E-state index >= 15 is 0 Å². The Morgan fingerprint density at radius 1 is 1.33 bits per heavy atom. The predicted octanol–water partition coefficient (Wildman–Crippen LogP) is 2.18. The first kappa shape index (κ1) is 8.41. The maximum atomic E-state index is 10.9.